The Kier molecular flexibility index (Phi) is 2.68. The molecule has 0 fully saturated rings. The first kappa shape index (κ1) is 11.1. The fourth-order valence-electron chi connectivity index (χ4n) is 1.90. The molecule has 0 saturated heterocycles. The molecule has 3 aromatic rings. The standard InChI is InChI=1S/C14H10ClN3/c1-9-2-3-10-6-11(4-5-13(10)18-9)14-12(15)7-16-8-17-14/h2-8H,1H3. The molecule has 0 amide bonds. The average Bonchev–Trinajstić information content (AvgIpc) is 2.39. The summed E-state index contributed by atoms with van der Waals surface area (Å²) in [5.74, 6) is 0. The molecule has 0 radical (unpaired) electrons. The largest absolute Gasteiger partial charge is 0.253 e. The number of hydrogen-bond donors (Lipinski definition) is 0. The van der Waals surface area contributed by atoms with Gasteiger partial charge in [0.1, 0.15) is 6.33 Å². The van der Waals surface area contributed by atoms with Crippen molar-refractivity contribution in [2.24, 2.45) is 0 Å². The zero-order valence-electron chi connectivity index (χ0n) is 9.76. The Balaban J connectivity index is 2.20. The van der Waals surface area contributed by atoms with Crippen LogP contribution in [0.5, 0.6) is 0 Å². The molecule has 2 heterocycles. The summed E-state index contributed by atoms with van der Waals surface area (Å²) in [5.41, 5.74) is 3.70. The van der Waals surface area contributed by atoms with Gasteiger partial charge in [0, 0.05) is 22.8 Å². The smallest absolute Gasteiger partial charge is 0.116 e. The molecule has 0 atom stereocenters. The minimum atomic E-state index is 0.553. The van der Waals surface area contributed by atoms with Gasteiger partial charge >= 0.3 is 0 Å². The highest BCUT2D eigenvalue weighted by Crippen LogP contribution is 2.27. The lowest BCUT2D eigenvalue weighted by Crippen LogP contribution is -1.88. The van der Waals surface area contributed by atoms with Crippen LogP contribution in [0.1, 0.15) is 5.69 Å². The van der Waals surface area contributed by atoms with E-state index in [-0.39, 0.29) is 0 Å². The molecule has 0 unspecified atom stereocenters. The first-order chi connectivity index (χ1) is 8.74. The van der Waals surface area contributed by atoms with Gasteiger partial charge in [-0.15, -0.1) is 0 Å². The highest BCUT2D eigenvalue weighted by Gasteiger charge is 2.06. The Hall–Kier alpha value is -2.00. The van der Waals surface area contributed by atoms with Crippen molar-refractivity contribution in [1.29, 1.82) is 0 Å². The molecule has 3 nitrogen and oxygen atoms in total. The molecule has 3 rings (SSSR count). The van der Waals surface area contributed by atoms with Crippen molar-refractivity contribution in [3.05, 3.63) is 53.6 Å². The summed E-state index contributed by atoms with van der Waals surface area (Å²) in [6, 6.07) is 10.0. The zero-order chi connectivity index (χ0) is 12.5. The first-order valence-corrected chi connectivity index (χ1v) is 5.95. The van der Waals surface area contributed by atoms with E-state index in [2.05, 4.69) is 21.0 Å². The van der Waals surface area contributed by atoms with Gasteiger partial charge in [-0.3, -0.25) is 4.98 Å². The number of hydrogen-bond acceptors (Lipinski definition) is 3. The van der Waals surface area contributed by atoms with Crippen LogP contribution in [0.25, 0.3) is 22.2 Å². The van der Waals surface area contributed by atoms with E-state index in [1.54, 1.807) is 6.20 Å². The van der Waals surface area contributed by atoms with Gasteiger partial charge in [0.05, 0.1) is 16.2 Å². The molecule has 0 aliphatic rings. The van der Waals surface area contributed by atoms with Crippen LogP contribution in [0.2, 0.25) is 5.02 Å². The number of aryl methyl sites for hydroxylation is 1. The minimum absolute atomic E-state index is 0.553. The Bertz CT molecular complexity index is 725. The molecule has 88 valence electrons. The Labute approximate surface area is 109 Å². The summed E-state index contributed by atoms with van der Waals surface area (Å²) in [4.78, 5) is 12.6. The first-order valence-electron chi connectivity index (χ1n) is 5.57. The number of fused-ring (bicyclic) bond motifs is 1. The molecule has 0 saturated carbocycles. The van der Waals surface area contributed by atoms with Gasteiger partial charge in [-0.05, 0) is 25.1 Å². The maximum absolute atomic E-state index is 6.09. The lowest BCUT2D eigenvalue weighted by molar-refractivity contribution is 1.17. The van der Waals surface area contributed by atoms with Crippen LogP contribution in [0.15, 0.2) is 42.9 Å². The van der Waals surface area contributed by atoms with E-state index in [0.29, 0.717) is 5.02 Å². The van der Waals surface area contributed by atoms with E-state index < -0.39 is 0 Å². The SMILES string of the molecule is Cc1ccc2cc(-c3ncncc3Cl)ccc2n1. The van der Waals surface area contributed by atoms with E-state index in [0.717, 1.165) is 27.9 Å². The number of rotatable bonds is 1. The fourth-order valence-corrected chi connectivity index (χ4v) is 2.11. The normalized spacial score (nSPS) is 10.8. The van der Waals surface area contributed by atoms with Crippen LogP contribution in [-0.4, -0.2) is 15.0 Å². The third-order valence-corrected chi connectivity index (χ3v) is 3.05. The maximum Gasteiger partial charge on any atom is 0.116 e. The third-order valence-electron chi connectivity index (χ3n) is 2.77. The predicted octanol–water partition coefficient (Wildman–Crippen LogP) is 3.65. The third kappa shape index (κ3) is 1.93. The van der Waals surface area contributed by atoms with Gasteiger partial charge in [-0.1, -0.05) is 23.7 Å². The van der Waals surface area contributed by atoms with Gasteiger partial charge in [0.2, 0.25) is 0 Å². The summed E-state index contributed by atoms with van der Waals surface area (Å²) in [6.45, 7) is 1.98. The van der Waals surface area contributed by atoms with Crippen LogP contribution in [-0.2, 0) is 0 Å². The highest BCUT2D eigenvalue weighted by molar-refractivity contribution is 6.32. The van der Waals surface area contributed by atoms with Gasteiger partial charge in [-0.2, -0.15) is 0 Å². The molecule has 0 aliphatic carbocycles. The number of benzene rings is 1. The van der Waals surface area contributed by atoms with Crippen LogP contribution < -0.4 is 0 Å². The second kappa shape index (κ2) is 4.35. The lowest BCUT2D eigenvalue weighted by Gasteiger charge is -2.04. The molecule has 0 spiro atoms. The van der Waals surface area contributed by atoms with Crippen LogP contribution in [0, 0.1) is 6.92 Å². The second-order valence-corrected chi connectivity index (χ2v) is 4.49. The summed E-state index contributed by atoms with van der Waals surface area (Å²) in [6.07, 6.45) is 3.10. The number of halogens is 1. The highest BCUT2D eigenvalue weighted by atomic mass is 35.5. The van der Waals surface area contributed by atoms with Crippen molar-refractivity contribution in [2.75, 3.05) is 0 Å². The predicted molar refractivity (Wildman–Crippen MR) is 72.5 cm³/mol. The van der Waals surface area contributed by atoms with Crippen LogP contribution in [0.3, 0.4) is 0 Å². The Morgan fingerprint density at radius 1 is 1.11 bits per heavy atom. The molecule has 2 aromatic heterocycles. The van der Waals surface area contributed by atoms with Gasteiger partial charge < -0.3 is 0 Å². The number of pyridine rings is 1. The van der Waals surface area contributed by atoms with Crippen LogP contribution in [0.4, 0.5) is 0 Å². The van der Waals surface area contributed by atoms with Crippen molar-refractivity contribution in [3.63, 3.8) is 0 Å². The van der Waals surface area contributed by atoms with E-state index in [9.17, 15) is 0 Å². The molecule has 0 N–H and O–H groups in total. The van der Waals surface area contributed by atoms with Crippen molar-refractivity contribution >= 4 is 22.5 Å². The van der Waals surface area contributed by atoms with Gasteiger partial charge in [-0.25, -0.2) is 9.97 Å². The monoisotopic (exact) mass is 255 g/mol. The molecule has 0 bridgehead atoms. The summed E-state index contributed by atoms with van der Waals surface area (Å²) >= 11 is 6.09. The molecular weight excluding hydrogens is 246 g/mol. The quantitative estimate of drug-likeness (QED) is 0.666. The maximum atomic E-state index is 6.09. The second-order valence-electron chi connectivity index (χ2n) is 4.08. The fraction of sp³-hybridized carbons (Fsp3) is 0.0714. The van der Waals surface area contributed by atoms with Crippen molar-refractivity contribution in [3.8, 4) is 11.3 Å². The van der Waals surface area contributed by atoms with Crippen LogP contribution >= 0.6 is 11.6 Å². The van der Waals surface area contributed by atoms with E-state index in [1.165, 1.54) is 6.33 Å². The number of aromatic nitrogens is 3. The molecule has 4 heteroatoms. The van der Waals surface area contributed by atoms with E-state index in [1.807, 2.05) is 31.2 Å². The van der Waals surface area contributed by atoms with Gasteiger partial charge in [0.25, 0.3) is 0 Å². The lowest BCUT2D eigenvalue weighted by atomic mass is 10.1. The Morgan fingerprint density at radius 3 is 2.83 bits per heavy atom. The van der Waals surface area contributed by atoms with Crippen molar-refractivity contribution in [2.45, 2.75) is 6.92 Å². The van der Waals surface area contributed by atoms with Crippen molar-refractivity contribution in [1.82, 2.24) is 15.0 Å². The zero-order valence-corrected chi connectivity index (χ0v) is 10.5. The topological polar surface area (TPSA) is 38.7 Å². The van der Waals surface area contributed by atoms with E-state index >= 15 is 0 Å². The molecule has 1 aromatic carbocycles. The summed E-state index contributed by atoms with van der Waals surface area (Å²) in [5, 5.41) is 1.63. The summed E-state index contributed by atoms with van der Waals surface area (Å²) < 4.78 is 0. The van der Waals surface area contributed by atoms with E-state index in [4.69, 9.17) is 11.6 Å². The number of nitrogens with zero attached hydrogens (tertiary/aromatic N) is 3. The van der Waals surface area contributed by atoms with Crippen molar-refractivity contribution < 1.29 is 0 Å². The molecular formula is C14H10ClN3. The van der Waals surface area contributed by atoms with Gasteiger partial charge in [0.15, 0.2) is 0 Å². The Morgan fingerprint density at radius 2 is 2.00 bits per heavy atom. The summed E-state index contributed by atoms with van der Waals surface area (Å²) in [7, 11) is 0. The molecule has 0 aliphatic heterocycles. The minimum Gasteiger partial charge on any atom is -0.253 e. The molecule has 18 heavy (non-hydrogen) atoms. The average molecular weight is 256 g/mol.